The molecule has 3 heteroatoms. The molecule has 1 N–H and O–H groups in total. The lowest BCUT2D eigenvalue weighted by atomic mass is 10.1. The number of piperidine rings is 1. The van der Waals surface area contributed by atoms with E-state index in [9.17, 15) is 0 Å². The lowest BCUT2D eigenvalue weighted by molar-refractivity contribution is -0.00786. The van der Waals surface area contributed by atoms with E-state index >= 15 is 0 Å². The van der Waals surface area contributed by atoms with Crippen LogP contribution in [0.4, 0.5) is 0 Å². The molecule has 0 aromatic heterocycles. The number of rotatable bonds is 7. The van der Waals surface area contributed by atoms with Crippen molar-refractivity contribution in [3.8, 4) is 0 Å². The Labute approximate surface area is 93.4 Å². The van der Waals surface area contributed by atoms with Crippen LogP contribution < -0.4 is 0 Å². The van der Waals surface area contributed by atoms with Gasteiger partial charge in [-0.2, -0.15) is 0 Å². The summed E-state index contributed by atoms with van der Waals surface area (Å²) in [5.41, 5.74) is 0. The summed E-state index contributed by atoms with van der Waals surface area (Å²) < 4.78 is 5.53. The van der Waals surface area contributed by atoms with Crippen LogP contribution in [-0.4, -0.2) is 49.0 Å². The highest BCUT2D eigenvalue weighted by atomic mass is 16.5. The molecule has 0 aliphatic carbocycles. The molecule has 0 amide bonds. The van der Waals surface area contributed by atoms with E-state index in [1.165, 1.54) is 38.9 Å². The second-order valence-corrected chi connectivity index (χ2v) is 4.34. The minimum absolute atomic E-state index is 0.150. The van der Waals surface area contributed by atoms with Gasteiger partial charge >= 0.3 is 0 Å². The predicted molar refractivity (Wildman–Crippen MR) is 62.0 cm³/mol. The van der Waals surface area contributed by atoms with E-state index in [4.69, 9.17) is 9.84 Å². The quantitative estimate of drug-likeness (QED) is 0.655. The van der Waals surface area contributed by atoms with E-state index in [1.807, 2.05) is 0 Å². The molecule has 0 bridgehead atoms. The molecule has 0 saturated carbocycles. The van der Waals surface area contributed by atoms with Crippen LogP contribution in [0.3, 0.4) is 0 Å². The second kappa shape index (κ2) is 8.08. The third-order valence-corrected chi connectivity index (χ3v) is 3.06. The first-order chi connectivity index (χ1) is 7.36. The number of hydrogen-bond donors (Lipinski definition) is 1. The van der Waals surface area contributed by atoms with E-state index in [0.717, 1.165) is 12.8 Å². The Balaban J connectivity index is 2.02. The summed E-state index contributed by atoms with van der Waals surface area (Å²) >= 11 is 0. The summed E-state index contributed by atoms with van der Waals surface area (Å²) in [6.07, 6.45) is 6.63. The smallest absolute Gasteiger partial charge is 0.0701 e. The Kier molecular flexibility index (Phi) is 6.98. The van der Waals surface area contributed by atoms with E-state index in [2.05, 4.69) is 11.8 Å². The SMILES string of the molecule is CCCCCN1CCC(OCCO)CC1. The first kappa shape index (κ1) is 12.9. The van der Waals surface area contributed by atoms with Crippen molar-refractivity contribution in [2.75, 3.05) is 32.8 Å². The lowest BCUT2D eigenvalue weighted by Crippen LogP contribution is -2.37. The van der Waals surface area contributed by atoms with Crippen LogP contribution in [0.1, 0.15) is 39.0 Å². The zero-order valence-electron chi connectivity index (χ0n) is 9.95. The number of hydrogen-bond acceptors (Lipinski definition) is 3. The van der Waals surface area contributed by atoms with Crippen molar-refractivity contribution in [2.24, 2.45) is 0 Å². The Morgan fingerprint density at radius 2 is 2.00 bits per heavy atom. The minimum atomic E-state index is 0.150. The van der Waals surface area contributed by atoms with Crippen molar-refractivity contribution in [3.05, 3.63) is 0 Å². The van der Waals surface area contributed by atoms with Gasteiger partial charge in [0.2, 0.25) is 0 Å². The highest BCUT2D eigenvalue weighted by molar-refractivity contribution is 4.72. The normalized spacial score (nSPS) is 19.6. The summed E-state index contributed by atoms with van der Waals surface area (Å²) in [5, 5.41) is 8.66. The van der Waals surface area contributed by atoms with E-state index in [-0.39, 0.29) is 6.61 Å². The van der Waals surface area contributed by atoms with Crippen LogP contribution in [0.5, 0.6) is 0 Å². The van der Waals surface area contributed by atoms with E-state index in [0.29, 0.717) is 12.7 Å². The first-order valence-electron chi connectivity index (χ1n) is 6.31. The molecule has 3 nitrogen and oxygen atoms in total. The van der Waals surface area contributed by atoms with Crippen molar-refractivity contribution in [2.45, 2.75) is 45.1 Å². The standard InChI is InChI=1S/C12H25NO2/c1-2-3-4-7-13-8-5-12(6-9-13)15-11-10-14/h12,14H,2-11H2,1H3. The van der Waals surface area contributed by atoms with Gasteiger partial charge in [0.05, 0.1) is 19.3 Å². The van der Waals surface area contributed by atoms with Crippen LogP contribution in [0, 0.1) is 0 Å². The monoisotopic (exact) mass is 215 g/mol. The lowest BCUT2D eigenvalue weighted by Gasteiger charge is -2.31. The second-order valence-electron chi connectivity index (χ2n) is 4.34. The molecule has 1 aliphatic rings. The Bertz CT molecular complexity index is 145. The van der Waals surface area contributed by atoms with Crippen molar-refractivity contribution in [1.29, 1.82) is 0 Å². The number of likely N-dealkylation sites (tertiary alicyclic amines) is 1. The molecule has 1 saturated heterocycles. The van der Waals surface area contributed by atoms with E-state index < -0.39 is 0 Å². The third-order valence-electron chi connectivity index (χ3n) is 3.06. The molecular weight excluding hydrogens is 190 g/mol. The van der Waals surface area contributed by atoms with Crippen LogP contribution >= 0.6 is 0 Å². The number of ether oxygens (including phenoxy) is 1. The summed E-state index contributed by atoms with van der Waals surface area (Å²) in [6.45, 7) is 6.48. The topological polar surface area (TPSA) is 32.7 Å². The third kappa shape index (κ3) is 5.50. The van der Waals surface area contributed by atoms with Crippen LogP contribution in [-0.2, 0) is 4.74 Å². The molecular formula is C12H25NO2. The summed E-state index contributed by atoms with van der Waals surface area (Å²) in [4.78, 5) is 2.54. The van der Waals surface area contributed by atoms with Gasteiger partial charge in [0.1, 0.15) is 0 Å². The fourth-order valence-electron chi connectivity index (χ4n) is 2.10. The van der Waals surface area contributed by atoms with Gasteiger partial charge in [-0.3, -0.25) is 0 Å². The average molecular weight is 215 g/mol. The summed E-state index contributed by atoms with van der Waals surface area (Å²) in [5.74, 6) is 0. The fraction of sp³-hybridized carbons (Fsp3) is 1.00. The van der Waals surface area contributed by atoms with Gasteiger partial charge in [0, 0.05) is 13.1 Å². The Morgan fingerprint density at radius 1 is 1.27 bits per heavy atom. The molecule has 0 spiro atoms. The van der Waals surface area contributed by atoms with Crippen LogP contribution in [0.25, 0.3) is 0 Å². The molecule has 0 unspecified atom stereocenters. The van der Waals surface area contributed by atoms with Gasteiger partial charge in [0.25, 0.3) is 0 Å². The minimum Gasteiger partial charge on any atom is -0.394 e. The molecule has 1 rings (SSSR count). The zero-order valence-corrected chi connectivity index (χ0v) is 9.95. The van der Waals surface area contributed by atoms with Crippen molar-refractivity contribution < 1.29 is 9.84 Å². The van der Waals surface area contributed by atoms with Crippen LogP contribution in [0.15, 0.2) is 0 Å². The highest BCUT2D eigenvalue weighted by Crippen LogP contribution is 2.14. The molecule has 0 atom stereocenters. The van der Waals surface area contributed by atoms with Gasteiger partial charge in [-0.25, -0.2) is 0 Å². The van der Waals surface area contributed by atoms with Crippen molar-refractivity contribution >= 4 is 0 Å². The molecule has 1 aliphatic heterocycles. The van der Waals surface area contributed by atoms with Crippen molar-refractivity contribution in [1.82, 2.24) is 4.90 Å². The number of unbranched alkanes of at least 4 members (excludes halogenated alkanes) is 2. The van der Waals surface area contributed by atoms with Crippen molar-refractivity contribution in [3.63, 3.8) is 0 Å². The van der Waals surface area contributed by atoms with Gasteiger partial charge < -0.3 is 14.7 Å². The zero-order chi connectivity index (χ0) is 10.9. The maximum atomic E-state index is 8.66. The van der Waals surface area contributed by atoms with Gasteiger partial charge in [-0.05, 0) is 25.8 Å². The maximum Gasteiger partial charge on any atom is 0.0701 e. The first-order valence-corrected chi connectivity index (χ1v) is 6.31. The number of nitrogens with zero attached hydrogens (tertiary/aromatic N) is 1. The Hall–Kier alpha value is -0.120. The highest BCUT2D eigenvalue weighted by Gasteiger charge is 2.18. The molecule has 0 aromatic carbocycles. The fourth-order valence-corrected chi connectivity index (χ4v) is 2.10. The molecule has 1 heterocycles. The molecule has 1 fully saturated rings. The van der Waals surface area contributed by atoms with Gasteiger partial charge in [-0.15, -0.1) is 0 Å². The summed E-state index contributed by atoms with van der Waals surface area (Å²) in [7, 11) is 0. The number of aliphatic hydroxyl groups is 1. The van der Waals surface area contributed by atoms with Gasteiger partial charge in [-0.1, -0.05) is 19.8 Å². The van der Waals surface area contributed by atoms with Crippen LogP contribution in [0.2, 0.25) is 0 Å². The number of aliphatic hydroxyl groups excluding tert-OH is 1. The Morgan fingerprint density at radius 3 is 2.60 bits per heavy atom. The molecule has 15 heavy (non-hydrogen) atoms. The maximum absolute atomic E-state index is 8.66. The molecule has 0 radical (unpaired) electrons. The molecule has 0 aromatic rings. The average Bonchev–Trinajstić information content (AvgIpc) is 2.28. The largest absolute Gasteiger partial charge is 0.394 e. The molecule has 90 valence electrons. The van der Waals surface area contributed by atoms with E-state index in [1.54, 1.807) is 0 Å². The summed E-state index contributed by atoms with van der Waals surface area (Å²) in [6, 6.07) is 0. The predicted octanol–water partition coefficient (Wildman–Crippen LogP) is 1.65. The van der Waals surface area contributed by atoms with Gasteiger partial charge in [0.15, 0.2) is 0 Å².